The van der Waals surface area contributed by atoms with E-state index in [0.717, 1.165) is 7.11 Å². The Morgan fingerprint density at radius 3 is 2.62 bits per heavy atom. The Kier molecular flexibility index (Phi) is 3.78. The number of rotatable bonds is 4. The van der Waals surface area contributed by atoms with Gasteiger partial charge in [0.15, 0.2) is 28.9 Å². The lowest BCUT2D eigenvalue weighted by molar-refractivity contribution is 0.0978. The van der Waals surface area contributed by atoms with Crippen molar-refractivity contribution in [3.05, 3.63) is 23.3 Å². The summed E-state index contributed by atoms with van der Waals surface area (Å²) in [6.45, 7) is 0.0135. The van der Waals surface area contributed by atoms with E-state index in [9.17, 15) is 18.7 Å². The minimum atomic E-state index is -1.21. The van der Waals surface area contributed by atoms with Gasteiger partial charge in [0.2, 0.25) is 0 Å². The molecule has 0 spiro atoms. The summed E-state index contributed by atoms with van der Waals surface area (Å²) in [5.41, 5.74) is 4.64. The molecule has 0 radical (unpaired) electrons. The van der Waals surface area contributed by atoms with Crippen LogP contribution in [0.15, 0.2) is 6.07 Å². The van der Waals surface area contributed by atoms with Gasteiger partial charge in [-0.25, -0.2) is 8.78 Å². The maximum atomic E-state index is 13.2. The SMILES string of the molecule is COc1c(F)cc(F)c(O)c1C(=O)CCN. The molecule has 0 aliphatic carbocycles. The molecule has 0 amide bonds. The number of nitrogens with two attached hydrogens (primary N) is 1. The molecule has 0 atom stereocenters. The number of methoxy groups -OCH3 is 1. The van der Waals surface area contributed by atoms with E-state index in [0.29, 0.717) is 6.07 Å². The fourth-order valence-electron chi connectivity index (χ4n) is 1.31. The van der Waals surface area contributed by atoms with E-state index >= 15 is 0 Å². The monoisotopic (exact) mass is 231 g/mol. The second-order valence-electron chi connectivity index (χ2n) is 3.06. The van der Waals surface area contributed by atoms with Crippen LogP contribution in [0.1, 0.15) is 16.8 Å². The summed E-state index contributed by atoms with van der Waals surface area (Å²) in [5.74, 6) is -4.32. The number of hydrogen-bond acceptors (Lipinski definition) is 4. The van der Waals surface area contributed by atoms with Crippen LogP contribution in [0.3, 0.4) is 0 Å². The first-order chi connectivity index (χ1) is 7.52. The quantitative estimate of drug-likeness (QED) is 0.764. The molecule has 0 unspecified atom stereocenters. The van der Waals surface area contributed by atoms with Gasteiger partial charge in [-0.15, -0.1) is 0 Å². The van der Waals surface area contributed by atoms with Crippen LogP contribution in [0.5, 0.6) is 11.5 Å². The minimum absolute atomic E-state index is 0.0135. The number of ketones is 1. The molecule has 0 aliphatic rings. The van der Waals surface area contributed by atoms with Crippen LogP contribution in [0.2, 0.25) is 0 Å². The molecule has 0 aliphatic heterocycles. The van der Waals surface area contributed by atoms with E-state index in [2.05, 4.69) is 4.74 Å². The van der Waals surface area contributed by atoms with Crippen molar-refractivity contribution < 1.29 is 23.4 Å². The molecule has 0 bridgehead atoms. The van der Waals surface area contributed by atoms with Gasteiger partial charge in [0.05, 0.1) is 7.11 Å². The topological polar surface area (TPSA) is 72.5 Å². The summed E-state index contributed by atoms with van der Waals surface area (Å²) in [4.78, 5) is 11.5. The number of carbonyl (C=O) groups excluding carboxylic acids is 1. The largest absolute Gasteiger partial charge is 0.504 e. The van der Waals surface area contributed by atoms with Gasteiger partial charge in [0.1, 0.15) is 5.56 Å². The van der Waals surface area contributed by atoms with Gasteiger partial charge in [-0.3, -0.25) is 4.79 Å². The smallest absolute Gasteiger partial charge is 0.171 e. The molecular formula is C10H11F2NO3. The molecule has 0 saturated carbocycles. The molecule has 1 aromatic rings. The summed E-state index contributed by atoms with van der Waals surface area (Å²) < 4.78 is 30.9. The summed E-state index contributed by atoms with van der Waals surface area (Å²) in [6.07, 6.45) is -0.132. The van der Waals surface area contributed by atoms with Crippen LogP contribution in [-0.4, -0.2) is 24.5 Å². The maximum absolute atomic E-state index is 13.2. The lowest BCUT2D eigenvalue weighted by atomic mass is 10.0. The summed E-state index contributed by atoms with van der Waals surface area (Å²) in [5, 5.41) is 9.35. The Hall–Kier alpha value is -1.69. The number of ether oxygens (including phenoxy) is 1. The number of hydrogen-bond donors (Lipinski definition) is 2. The molecule has 6 heteroatoms. The van der Waals surface area contributed by atoms with Crippen LogP contribution in [0, 0.1) is 11.6 Å². The molecule has 1 rings (SSSR count). The van der Waals surface area contributed by atoms with Crippen molar-refractivity contribution in [1.82, 2.24) is 0 Å². The summed E-state index contributed by atoms with van der Waals surface area (Å²) >= 11 is 0. The van der Waals surface area contributed by atoms with Crippen molar-refractivity contribution in [2.45, 2.75) is 6.42 Å². The van der Waals surface area contributed by atoms with Gasteiger partial charge >= 0.3 is 0 Å². The zero-order chi connectivity index (χ0) is 12.3. The number of phenolic OH excluding ortho intramolecular Hbond substituents is 1. The second kappa shape index (κ2) is 4.89. The average molecular weight is 231 g/mol. The number of carbonyl (C=O) groups is 1. The standard InChI is InChI=1S/C10H11F2NO3/c1-16-10-6(12)4-5(11)9(15)8(10)7(14)2-3-13/h4,15H,2-3,13H2,1H3. The molecular weight excluding hydrogens is 220 g/mol. The molecule has 1 aromatic carbocycles. The van der Waals surface area contributed by atoms with Crippen molar-refractivity contribution in [3.63, 3.8) is 0 Å². The summed E-state index contributed by atoms with van der Waals surface area (Å²) in [6, 6.07) is 0.452. The number of phenols is 1. The van der Waals surface area contributed by atoms with Crippen LogP contribution in [-0.2, 0) is 0 Å². The molecule has 4 nitrogen and oxygen atoms in total. The molecule has 88 valence electrons. The van der Waals surface area contributed by atoms with Crippen LogP contribution >= 0.6 is 0 Å². The van der Waals surface area contributed by atoms with E-state index in [1.54, 1.807) is 0 Å². The normalized spacial score (nSPS) is 10.2. The van der Waals surface area contributed by atoms with Crippen molar-refractivity contribution in [3.8, 4) is 11.5 Å². The maximum Gasteiger partial charge on any atom is 0.171 e. The zero-order valence-corrected chi connectivity index (χ0v) is 8.59. The second-order valence-corrected chi connectivity index (χ2v) is 3.06. The first-order valence-corrected chi connectivity index (χ1v) is 4.51. The minimum Gasteiger partial charge on any atom is -0.504 e. The number of benzene rings is 1. The highest BCUT2D eigenvalue weighted by Crippen LogP contribution is 2.33. The third-order valence-electron chi connectivity index (χ3n) is 2.01. The third kappa shape index (κ3) is 2.11. The van der Waals surface area contributed by atoms with E-state index < -0.39 is 34.5 Å². The van der Waals surface area contributed by atoms with Crippen molar-refractivity contribution >= 4 is 5.78 Å². The predicted octanol–water partition coefficient (Wildman–Crippen LogP) is 1.21. The highest BCUT2D eigenvalue weighted by Gasteiger charge is 2.23. The third-order valence-corrected chi connectivity index (χ3v) is 2.01. The Bertz CT molecular complexity index is 421. The van der Waals surface area contributed by atoms with Gasteiger partial charge in [-0.05, 0) is 6.54 Å². The number of Topliss-reactive ketones (excluding diaryl/α,β-unsaturated/α-hetero) is 1. The van der Waals surface area contributed by atoms with Crippen molar-refractivity contribution in [1.29, 1.82) is 0 Å². The fraction of sp³-hybridized carbons (Fsp3) is 0.300. The van der Waals surface area contributed by atoms with Gasteiger partial charge in [0, 0.05) is 12.5 Å². The lowest BCUT2D eigenvalue weighted by Crippen LogP contribution is -2.11. The molecule has 0 fully saturated rings. The van der Waals surface area contributed by atoms with Gasteiger partial charge in [-0.2, -0.15) is 0 Å². The Morgan fingerprint density at radius 1 is 1.50 bits per heavy atom. The zero-order valence-electron chi connectivity index (χ0n) is 8.59. The molecule has 16 heavy (non-hydrogen) atoms. The number of aromatic hydroxyl groups is 1. The fourth-order valence-corrected chi connectivity index (χ4v) is 1.31. The Morgan fingerprint density at radius 2 is 2.12 bits per heavy atom. The summed E-state index contributed by atoms with van der Waals surface area (Å²) in [7, 11) is 1.12. The Balaban J connectivity index is 3.38. The van der Waals surface area contributed by atoms with Gasteiger partial charge < -0.3 is 15.6 Å². The van der Waals surface area contributed by atoms with Crippen LogP contribution in [0.4, 0.5) is 8.78 Å². The Labute approximate surface area is 90.6 Å². The highest BCUT2D eigenvalue weighted by molar-refractivity contribution is 6.01. The first-order valence-electron chi connectivity index (χ1n) is 4.51. The lowest BCUT2D eigenvalue weighted by Gasteiger charge is -2.10. The average Bonchev–Trinajstić information content (AvgIpc) is 2.23. The molecule has 0 saturated heterocycles. The van der Waals surface area contributed by atoms with Gasteiger partial charge in [-0.1, -0.05) is 0 Å². The van der Waals surface area contributed by atoms with E-state index in [1.165, 1.54) is 0 Å². The first kappa shape index (κ1) is 12.4. The van der Waals surface area contributed by atoms with E-state index in [4.69, 9.17) is 5.73 Å². The molecule has 0 aromatic heterocycles. The van der Waals surface area contributed by atoms with E-state index in [-0.39, 0.29) is 13.0 Å². The number of halogens is 2. The highest BCUT2D eigenvalue weighted by atomic mass is 19.1. The van der Waals surface area contributed by atoms with Crippen molar-refractivity contribution in [2.24, 2.45) is 5.73 Å². The van der Waals surface area contributed by atoms with Crippen LogP contribution in [0.25, 0.3) is 0 Å². The molecule has 0 heterocycles. The van der Waals surface area contributed by atoms with Crippen molar-refractivity contribution in [2.75, 3.05) is 13.7 Å². The van der Waals surface area contributed by atoms with E-state index in [1.807, 2.05) is 0 Å². The molecule has 3 N–H and O–H groups in total. The van der Waals surface area contributed by atoms with Crippen LogP contribution < -0.4 is 10.5 Å². The van der Waals surface area contributed by atoms with Gasteiger partial charge in [0.25, 0.3) is 0 Å². The predicted molar refractivity (Wildman–Crippen MR) is 52.6 cm³/mol.